The average molecular weight is 246 g/mol. The van der Waals surface area contributed by atoms with Crippen LogP contribution in [0.25, 0.3) is 0 Å². The largest absolute Gasteiger partial charge is 0.494 e. The smallest absolute Gasteiger partial charge is 0.105 e. The highest BCUT2D eigenvalue weighted by Gasteiger charge is 2.41. The number of ether oxygens (including phenoxy) is 1. The summed E-state index contributed by atoms with van der Waals surface area (Å²) >= 11 is 0. The van der Waals surface area contributed by atoms with Gasteiger partial charge in [-0.2, -0.15) is 0 Å². The first-order chi connectivity index (χ1) is 8.90. The highest BCUT2D eigenvalue weighted by atomic mass is 16.5. The lowest BCUT2D eigenvalue weighted by Gasteiger charge is -2.37. The summed E-state index contributed by atoms with van der Waals surface area (Å²) in [5.41, 5.74) is 0. The van der Waals surface area contributed by atoms with Crippen LogP contribution in [0.3, 0.4) is 0 Å². The zero-order chi connectivity index (χ0) is 11.9. The van der Waals surface area contributed by atoms with E-state index in [1.807, 2.05) is 0 Å². The third-order valence-electron chi connectivity index (χ3n) is 5.84. The van der Waals surface area contributed by atoms with Gasteiger partial charge in [-0.1, -0.05) is 32.1 Å². The lowest BCUT2D eigenvalue weighted by atomic mass is 9.70. The summed E-state index contributed by atoms with van der Waals surface area (Å²) in [5, 5.41) is 0. The van der Waals surface area contributed by atoms with Crippen LogP contribution >= 0.6 is 0 Å². The number of rotatable bonds is 2. The molecule has 3 aliphatic carbocycles. The molecule has 0 aromatic heterocycles. The van der Waals surface area contributed by atoms with Crippen LogP contribution in [0.4, 0.5) is 0 Å². The molecule has 3 saturated carbocycles. The predicted molar refractivity (Wildman–Crippen MR) is 73.1 cm³/mol. The summed E-state index contributed by atoms with van der Waals surface area (Å²) in [6.07, 6.45) is 17.6. The maximum Gasteiger partial charge on any atom is 0.105 e. The number of hydrogen-bond donors (Lipinski definition) is 0. The van der Waals surface area contributed by atoms with Crippen LogP contribution in [0.15, 0.2) is 11.8 Å². The van der Waals surface area contributed by atoms with E-state index in [-0.39, 0.29) is 0 Å². The fourth-order valence-corrected chi connectivity index (χ4v) is 4.59. The van der Waals surface area contributed by atoms with Gasteiger partial charge in [0.15, 0.2) is 0 Å². The lowest BCUT2D eigenvalue weighted by molar-refractivity contribution is 0.0417. The molecule has 0 radical (unpaired) electrons. The van der Waals surface area contributed by atoms with Gasteiger partial charge in [0.25, 0.3) is 0 Å². The van der Waals surface area contributed by atoms with Crippen molar-refractivity contribution in [1.29, 1.82) is 0 Å². The summed E-state index contributed by atoms with van der Waals surface area (Å²) in [6, 6.07) is 0. The molecule has 18 heavy (non-hydrogen) atoms. The molecule has 4 aliphatic rings. The standard InChI is InChI=1S/C17H26O/c1-2-4-12(5-3-1)14-8-9-16-15(10-14)11-17(18-16)13-6-7-13/h11-16H,1-10H2/t14?,15?,16-/m1/s1. The molecule has 2 unspecified atom stereocenters. The van der Waals surface area contributed by atoms with E-state index in [9.17, 15) is 0 Å². The Morgan fingerprint density at radius 1 is 0.833 bits per heavy atom. The minimum absolute atomic E-state index is 0.570. The Kier molecular flexibility index (Phi) is 2.89. The first kappa shape index (κ1) is 11.4. The Morgan fingerprint density at radius 3 is 2.44 bits per heavy atom. The molecule has 0 saturated heterocycles. The minimum atomic E-state index is 0.570. The molecule has 0 bridgehead atoms. The molecule has 4 rings (SSSR count). The maximum atomic E-state index is 6.19. The Balaban J connectivity index is 1.41. The van der Waals surface area contributed by atoms with Crippen molar-refractivity contribution in [2.75, 3.05) is 0 Å². The van der Waals surface area contributed by atoms with E-state index in [0.717, 1.165) is 23.7 Å². The van der Waals surface area contributed by atoms with Gasteiger partial charge in [-0.15, -0.1) is 0 Å². The zero-order valence-corrected chi connectivity index (χ0v) is 11.4. The molecular formula is C17H26O. The highest BCUT2D eigenvalue weighted by Crippen LogP contribution is 2.48. The third kappa shape index (κ3) is 2.10. The van der Waals surface area contributed by atoms with Crippen LogP contribution in [-0.2, 0) is 4.74 Å². The van der Waals surface area contributed by atoms with E-state index in [1.165, 1.54) is 70.0 Å². The second-order valence-corrected chi connectivity index (χ2v) is 7.13. The molecule has 3 fully saturated rings. The summed E-state index contributed by atoms with van der Waals surface area (Å²) in [4.78, 5) is 0. The van der Waals surface area contributed by atoms with Gasteiger partial charge < -0.3 is 4.74 Å². The fraction of sp³-hybridized carbons (Fsp3) is 0.882. The van der Waals surface area contributed by atoms with Crippen LogP contribution in [0.1, 0.15) is 64.2 Å². The SMILES string of the molecule is C1=C(C2CC2)O[C@@H]2CCC(C3CCCCC3)CC12. The van der Waals surface area contributed by atoms with Crippen molar-refractivity contribution in [3.63, 3.8) is 0 Å². The first-order valence-corrected chi connectivity index (χ1v) is 8.28. The molecule has 0 spiro atoms. The van der Waals surface area contributed by atoms with E-state index in [1.54, 1.807) is 0 Å². The molecule has 0 amide bonds. The van der Waals surface area contributed by atoms with Crippen LogP contribution in [0.5, 0.6) is 0 Å². The zero-order valence-electron chi connectivity index (χ0n) is 11.4. The minimum Gasteiger partial charge on any atom is -0.494 e. The van der Waals surface area contributed by atoms with Gasteiger partial charge in [0.05, 0.1) is 5.76 Å². The van der Waals surface area contributed by atoms with Gasteiger partial charge in [0, 0.05) is 11.8 Å². The van der Waals surface area contributed by atoms with Crippen LogP contribution in [0.2, 0.25) is 0 Å². The van der Waals surface area contributed by atoms with Crippen molar-refractivity contribution >= 4 is 0 Å². The molecular weight excluding hydrogens is 220 g/mol. The molecule has 1 nitrogen and oxygen atoms in total. The Hall–Kier alpha value is -0.460. The summed E-state index contributed by atoms with van der Waals surface area (Å²) in [5.74, 6) is 5.06. The second kappa shape index (κ2) is 4.58. The van der Waals surface area contributed by atoms with Crippen LogP contribution in [-0.4, -0.2) is 6.10 Å². The van der Waals surface area contributed by atoms with Gasteiger partial charge in [-0.25, -0.2) is 0 Å². The average Bonchev–Trinajstić information content (AvgIpc) is 3.19. The quantitative estimate of drug-likeness (QED) is 0.687. The van der Waals surface area contributed by atoms with E-state index < -0.39 is 0 Å². The topological polar surface area (TPSA) is 9.23 Å². The van der Waals surface area contributed by atoms with Crippen LogP contribution in [0, 0.1) is 23.7 Å². The van der Waals surface area contributed by atoms with Gasteiger partial charge in [0.1, 0.15) is 6.10 Å². The van der Waals surface area contributed by atoms with Gasteiger partial charge in [-0.05, 0) is 50.0 Å². The van der Waals surface area contributed by atoms with Crippen molar-refractivity contribution in [3.05, 3.63) is 11.8 Å². The molecule has 0 aromatic carbocycles. The monoisotopic (exact) mass is 246 g/mol. The Morgan fingerprint density at radius 2 is 1.67 bits per heavy atom. The molecule has 1 heteroatoms. The fourth-order valence-electron chi connectivity index (χ4n) is 4.59. The van der Waals surface area contributed by atoms with Crippen molar-refractivity contribution in [2.24, 2.45) is 23.7 Å². The number of allylic oxidation sites excluding steroid dienone is 1. The van der Waals surface area contributed by atoms with E-state index in [2.05, 4.69) is 6.08 Å². The summed E-state index contributed by atoms with van der Waals surface area (Å²) in [6.45, 7) is 0. The van der Waals surface area contributed by atoms with E-state index in [0.29, 0.717) is 6.10 Å². The Bertz CT molecular complexity index is 336. The van der Waals surface area contributed by atoms with E-state index >= 15 is 0 Å². The van der Waals surface area contributed by atoms with Crippen molar-refractivity contribution in [3.8, 4) is 0 Å². The molecule has 1 aliphatic heterocycles. The van der Waals surface area contributed by atoms with Crippen molar-refractivity contribution in [2.45, 2.75) is 70.3 Å². The molecule has 1 heterocycles. The van der Waals surface area contributed by atoms with Crippen molar-refractivity contribution in [1.82, 2.24) is 0 Å². The predicted octanol–water partition coefficient (Wildman–Crippen LogP) is 4.68. The summed E-state index contributed by atoms with van der Waals surface area (Å²) < 4.78 is 6.19. The Labute approximate surface area is 111 Å². The van der Waals surface area contributed by atoms with Gasteiger partial charge in [0.2, 0.25) is 0 Å². The van der Waals surface area contributed by atoms with Gasteiger partial charge >= 0.3 is 0 Å². The number of fused-ring (bicyclic) bond motifs is 1. The second-order valence-electron chi connectivity index (χ2n) is 7.13. The van der Waals surface area contributed by atoms with E-state index in [4.69, 9.17) is 4.74 Å². The molecule has 100 valence electrons. The highest BCUT2D eigenvalue weighted by molar-refractivity contribution is 5.15. The van der Waals surface area contributed by atoms with Crippen LogP contribution < -0.4 is 0 Å². The summed E-state index contributed by atoms with van der Waals surface area (Å²) in [7, 11) is 0. The number of hydrogen-bond acceptors (Lipinski definition) is 1. The molecule has 0 aromatic rings. The molecule has 0 N–H and O–H groups in total. The maximum absolute atomic E-state index is 6.19. The lowest BCUT2D eigenvalue weighted by Crippen LogP contribution is -2.31. The third-order valence-corrected chi connectivity index (χ3v) is 5.84. The normalized spacial score (nSPS) is 41.1. The molecule has 3 atom stereocenters. The first-order valence-electron chi connectivity index (χ1n) is 8.28. The van der Waals surface area contributed by atoms with Gasteiger partial charge in [-0.3, -0.25) is 0 Å². The van der Waals surface area contributed by atoms with Crippen molar-refractivity contribution < 1.29 is 4.74 Å².